The molecular formula is C15H19N3O2. The highest BCUT2D eigenvalue weighted by Gasteiger charge is 2.15. The molecule has 0 fully saturated rings. The summed E-state index contributed by atoms with van der Waals surface area (Å²) >= 11 is 0. The molecule has 2 aromatic rings. The minimum atomic E-state index is 0.403. The van der Waals surface area contributed by atoms with Gasteiger partial charge in [0.1, 0.15) is 12.1 Å². The molecule has 2 rings (SSSR count). The number of ether oxygens (including phenoxy) is 2. The van der Waals surface area contributed by atoms with Gasteiger partial charge in [-0.25, -0.2) is 4.98 Å². The second kappa shape index (κ2) is 5.77. The lowest BCUT2D eigenvalue weighted by Crippen LogP contribution is -2.01. The van der Waals surface area contributed by atoms with E-state index in [0.29, 0.717) is 17.4 Å². The molecule has 1 heterocycles. The minimum Gasteiger partial charge on any atom is -0.489 e. The van der Waals surface area contributed by atoms with E-state index in [4.69, 9.17) is 9.47 Å². The molecule has 1 N–H and O–H groups in total. The zero-order valence-electron chi connectivity index (χ0n) is 12.4. The van der Waals surface area contributed by atoms with E-state index < -0.39 is 0 Å². The standard InChI is InChI=1S/C15H19N3O2/c1-9-6-10(2)11(3)12(7-9)20-15-13(19-5)14(16-4)17-8-18-15/h6-8H,1-5H3,(H,16,17,18). The molecule has 0 bridgehead atoms. The Labute approximate surface area is 119 Å². The molecule has 0 saturated heterocycles. The lowest BCUT2D eigenvalue weighted by atomic mass is 10.1. The van der Waals surface area contributed by atoms with E-state index >= 15 is 0 Å². The fourth-order valence-electron chi connectivity index (χ4n) is 2.00. The van der Waals surface area contributed by atoms with Crippen LogP contribution in [0.5, 0.6) is 17.4 Å². The van der Waals surface area contributed by atoms with Gasteiger partial charge in [-0.15, -0.1) is 0 Å². The van der Waals surface area contributed by atoms with Crippen LogP contribution in [-0.2, 0) is 0 Å². The molecule has 1 aromatic carbocycles. The fourth-order valence-corrected chi connectivity index (χ4v) is 2.00. The van der Waals surface area contributed by atoms with Crippen molar-refractivity contribution < 1.29 is 9.47 Å². The normalized spacial score (nSPS) is 10.2. The van der Waals surface area contributed by atoms with Crippen molar-refractivity contribution in [1.82, 2.24) is 9.97 Å². The lowest BCUT2D eigenvalue weighted by molar-refractivity contribution is 0.368. The van der Waals surface area contributed by atoms with Gasteiger partial charge in [-0.1, -0.05) is 6.07 Å². The van der Waals surface area contributed by atoms with Crippen LogP contribution in [0.2, 0.25) is 0 Å². The monoisotopic (exact) mass is 273 g/mol. The number of anilines is 1. The Morgan fingerprint density at radius 3 is 2.50 bits per heavy atom. The quantitative estimate of drug-likeness (QED) is 0.926. The predicted octanol–water partition coefficient (Wildman–Crippen LogP) is 3.24. The average Bonchev–Trinajstić information content (AvgIpc) is 2.43. The maximum absolute atomic E-state index is 5.92. The Kier molecular flexibility index (Phi) is 4.08. The number of rotatable bonds is 4. The highest BCUT2D eigenvalue weighted by Crippen LogP contribution is 2.35. The molecule has 106 valence electrons. The number of aromatic nitrogens is 2. The minimum absolute atomic E-state index is 0.403. The molecule has 0 amide bonds. The molecular weight excluding hydrogens is 254 g/mol. The number of nitrogens with one attached hydrogen (secondary N) is 1. The Hall–Kier alpha value is -2.30. The van der Waals surface area contributed by atoms with Gasteiger partial charge < -0.3 is 14.8 Å². The Morgan fingerprint density at radius 2 is 1.85 bits per heavy atom. The number of hydrogen-bond donors (Lipinski definition) is 1. The van der Waals surface area contributed by atoms with Crippen molar-refractivity contribution in [3.63, 3.8) is 0 Å². The van der Waals surface area contributed by atoms with E-state index in [1.54, 1.807) is 14.2 Å². The first kappa shape index (κ1) is 14.1. The van der Waals surface area contributed by atoms with Crippen LogP contribution < -0.4 is 14.8 Å². The van der Waals surface area contributed by atoms with Crippen LogP contribution in [0, 0.1) is 20.8 Å². The van der Waals surface area contributed by atoms with Crippen molar-refractivity contribution >= 4 is 5.82 Å². The summed E-state index contributed by atoms with van der Waals surface area (Å²) < 4.78 is 11.2. The largest absolute Gasteiger partial charge is 0.489 e. The van der Waals surface area contributed by atoms with Gasteiger partial charge >= 0.3 is 0 Å². The molecule has 0 spiro atoms. The van der Waals surface area contributed by atoms with Gasteiger partial charge in [-0.05, 0) is 43.5 Å². The van der Waals surface area contributed by atoms with Crippen molar-refractivity contribution in [3.05, 3.63) is 35.2 Å². The van der Waals surface area contributed by atoms with Crippen LogP contribution in [0.1, 0.15) is 16.7 Å². The van der Waals surface area contributed by atoms with E-state index in [0.717, 1.165) is 16.9 Å². The summed E-state index contributed by atoms with van der Waals surface area (Å²) in [4.78, 5) is 8.26. The first-order chi connectivity index (χ1) is 9.56. The van der Waals surface area contributed by atoms with Gasteiger partial charge in [-0.3, -0.25) is 0 Å². The zero-order valence-corrected chi connectivity index (χ0v) is 12.4. The first-order valence-electron chi connectivity index (χ1n) is 6.39. The Bertz CT molecular complexity index is 627. The van der Waals surface area contributed by atoms with Gasteiger partial charge in [0, 0.05) is 7.05 Å². The van der Waals surface area contributed by atoms with Crippen LogP contribution >= 0.6 is 0 Å². The van der Waals surface area contributed by atoms with Crippen LogP contribution in [0.3, 0.4) is 0 Å². The van der Waals surface area contributed by atoms with E-state index in [9.17, 15) is 0 Å². The van der Waals surface area contributed by atoms with E-state index in [1.165, 1.54) is 11.9 Å². The molecule has 5 heteroatoms. The van der Waals surface area contributed by atoms with Gasteiger partial charge in [0.05, 0.1) is 7.11 Å². The second-order valence-electron chi connectivity index (χ2n) is 4.62. The highest BCUT2D eigenvalue weighted by atomic mass is 16.5. The van der Waals surface area contributed by atoms with E-state index in [-0.39, 0.29) is 0 Å². The summed E-state index contributed by atoms with van der Waals surface area (Å²) in [5.74, 6) is 2.27. The zero-order chi connectivity index (χ0) is 14.7. The van der Waals surface area contributed by atoms with Crippen LogP contribution in [0.25, 0.3) is 0 Å². The molecule has 1 aromatic heterocycles. The summed E-state index contributed by atoms with van der Waals surface area (Å²) in [6.45, 7) is 6.12. The highest BCUT2D eigenvalue weighted by molar-refractivity contribution is 5.56. The summed E-state index contributed by atoms with van der Waals surface area (Å²) in [6, 6.07) is 4.11. The average molecular weight is 273 g/mol. The van der Waals surface area contributed by atoms with Gasteiger partial charge in [0.25, 0.3) is 5.88 Å². The third-order valence-corrected chi connectivity index (χ3v) is 3.18. The summed E-state index contributed by atoms with van der Waals surface area (Å²) in [5, 5.41) is 2.95. The smallest absolute Gasteiger partial charge is 0.268 e. The molecule has 5 nitrogen and oxygen atoms in total. The van der Waals surface area contributed by atoms with Gasteiger partial charge in [0.2, 0.25) is 5.75 Å². The SMILES string of the molecule is CNc1ncnc(Oc2cc(C)cc(C)c2C)c1OC. The van der Waals surface area contributed by atoms with Gasteiger partial charge in [-0.2, -0.15) is 4.98 Å². The van der Waals surface area contributed by atoms with Crippen molar-refractivity contribution in [2.75, 3.05) is 19.5 Å². The van der Waals surface area contributed by atoms with Crippen molar-refractivity contribution in [2.24, 2.45) is 0 Å². The number of methoxy groups -OCH3 is 1. The third kappa shape index (κ3) is 2.66. The molecule has 0 aliphatic carbocycles. The molecule has 0 aliphatic rings. The summed E-state index contributed by atoms with van der Waals surface area (Å²) in [7, 11) is 3.34. The fraction of sp³-hybridized carbons (Fsp3) is 0.333. The molecule has 0 aliphatic heterocycles. The summed E-state index contributed by atoms with van der Waals surface area (Å²) in [6.07, 6.45) is 1.45. The molecule has 0 radical (unpaired) electrons. The van der Waals surface area contributed by atoms with Crippen LogP contribution in [0.15, 0.2) is 18.5 Å². The first-order valence-corrected chi connectivity index (χ1v) is 6.39. The second-order valence-corrected chi connectivity index (χ2v) is 4.62. The van der Waals surface area contributed by atoms with E-state index in [1.807, 2.05) is 19.9 Å². The Morgan fingerprint density at radius 1 is 1.10 bits per heavy atom. The molecule has 0 unspecified atom stereocenters. The lowest BCUT2D eigenvalue weighted by Gasteiger charge is -2.14. The van der Waals surface area contributed by atoms with Crippen LogP contribution in [-0.4, -0.2) is 24.1 Å². The number of aryl methyl sites for hydroxylation is 2. The van der Waals surface area contributed by atoms with Crippen LogP contribution in [0.4, 0.5) is 5.82 Å². The topological polar surface area (TPSA) is 56.3 Å². The van der Waals surface area contributed by atoms with Crippen molar-refractivity contribution in [1.29, 1.82) is 0 Å². The van der Waals surface area contributed by atoms with Gasteiger partial charge in [0.15, 0.2) is 5.82 Å². The van der Waals surface area contributed by atoms with Crippen molar-refractivity contribution in [3.8, 4) is 17.4 Å². The molecule has 0 atom stereocenters. The van der Waals surface area contributed by atoms with Crippen molar-refractivity contribution in [2.45, 2.75) is 20.8 Å². The maximum Gasteiger partial charge on any atom is 0.268 e. The predicted molar refractivity (Wildman–Crippen MR) is 78.9 cm³/mol. The van der Waals surface area contributed by atoms with E-state index in [2.05, 4.69) is 28.3 Å². The maximum atomic E-state index is 5.92. The number of nitrogens with zero attached hydrogens (tertiary/aromatic N) is 2. The summed E-state index contributed by atoms with van der Waals surface area (Å²) in [5.41, 5.74) is 3.41. The number of hydrogen-bond acceptors (Lipinski definition) is 5. The molecule has 0 saturated carbocycles. The Balaban J connectivity index is 2.45. The third-order valence-electron chi connectivity index (χ3n) is 3.18. The number of benzene rings is 1. The molecule has 20 heavy (non-hydrogen) atoms.